The largest absolute Gasteiger partial charge is 0.439 e. The molecular formula is C18H13N5O3. The fourth-order valence-electron chi connectivity index (χ4n) is 2.63. The van der Waals surface area contributed by atoms with E-state index in [1.807, 2.05) is 30.3 Å². The molecule has 0 fully saturated rings. The van der Waals surface area contributed by atoms with Gasteiger partial charge in [-0.2, -0.15) is 14.6 Å². The normalized spacial score (nSPS) is 10.8. The van der Waals surface area contributed by atoms with E-state index < -0.39 is 4.92 Å². The Morgan fingerprint density at radius 2 is 1.92 bits per heavy atom. The zero-order chi connectivity index (χ0) is 18.1. The fraction of sp³-hybridized carbons (Fsp3) is 0.0556. The summed E-state index contributed by atoms with van der Waals surface area (Å²) in [5, 5.41) is 15.1. The molecule has 2 heterocycles. The van der Waals surface area contributed by atoms with E-state index >= 15 is 0 Å². The van der Waals surface area contributed by atoms with Crippen molar-refractivity contribution in [1.82, 2.24) is 19.6 Å². The van der Waals surface area contributed by atoms with Gasteiger partial charge in [0.25, 0.3) is 11.5 Å². The Balaban J connectivity index is 1.78. The van der Waals surface area contributed by atoms with Gasteiger partial charge < -0.3 is 4.74 Å². The number of nitro groups is 1. The molecule has 0 radical (unpaired) electrons. The molecule has 8 heteroatoms. The van der Waals surface area contributed by atoms with Crippen molar-refractivity contribution >= 4 is 11.5 Å². The van der Waals surface area contributed by atoms with Crippen LogP contribution in [-0.2, 0) is 0 Å². The number of aryl methyl sites for hydroxylation is 1. The molecule has 0 aliphatic rings. The Morgan fingerprint density at radius 1 is 1.12 bits per heavy atom. The van der Waals surface area contributed by atoms with Crippen LogP contribution in [0.4, 0.5) is 5.69 Å². The first-order valence-corrected chi connectivity index (χ1v) is 7.81. The zero-order valence-corrected chi connectivity index (χ0v) is 13.7. The molecule has 26 heavy (non-hydrogen) atoms. The molecule has 0 saturated heterocycles. The van der Waals surface area contributed by atoms with Gasteiger partial charge in [0, 0.05) is 23.3 Å². The number of hydrogen-bond acceptors (Lipinski definition) is 6. The summed E-state index contributed by atoms with van der Waals surface area (Å²) in [5.74, 6) is 1.29. The van der Waals surface area contributed by atoms with Gasteiger partial charge in [-0.05, 0) is 19.1 Å². The van der Waals surface area contributed by atoms with Crippen LogP contribution in [-0.4, -0.2) is 24.5 Å². The average Bonchev–Trinajstić information content (AvgIpc) is 3.11. The van der Waals surface area contributed by atoms with Crippen molar-refractivity contribution in [2.45, 2.75) is 6.92 Å². The van der Waals surface area contributed by atoms with E-state index in [0.717, 1.165) is 5.56 Å². The lowest BCUT2D eigenvalue weighted by Gasteiger charge is -2.10. The van der Waals surface area contributed by atoms with Crippen LogP contribution in [0.1, 0.15) is 5.56 Å². The number of fused-ring (bicyclic) bond motifs is 1. The van der Waals surface area contributed by atoms with Crippen LogP contribution in [0.5, 0.6) is 11.6 Å². The lowest BCUT2D eigenvalue weighted by atomic mass is 10.1. The molecule has 2 aromatic heterocycles. The van der Waals surface area contributed by atoms with Crippen molar-refractivity contribution in [1.29, 1.82) is 0 Å². The molecule has 4 rings (SSSR count). The monoisotopic (exact) mass is 347 g/mol. The summed E-state index contributed by atoms with van der Waals surface area (Å²) >= 11 is 0. The van der Waals surface area contributed by atoms with Crippen molar-refractivity contribution in [3.63, 3.8) is 0 Å². The highest BCUT2D eigenvalue weighted by atomic mass is 16.6. The van der Waals surface area contributed by atoms with Crippen LogP contribution in [0.25, 0.3) is 17.0 Å². The molecule has 0 aliphatic heterocycles. The van der Waals surface area contributed by atoms with Gasteiger partial charge in [0.2, 0.25) is 5.88 Å². The predicted molar refractivity (Wildman–Crippen MR) is 94.1 cm³/mol. The van der Waals surface area contributed by atoms with E-state index in [1.165, 1.54) is 16.9 Å². The number of nitrogens with zero attached hydrogens (tertiary/aromatic N) is 5. The van der Waals surface area contributed by atoms with Gasteiger partial charge in [-0.1, -0.05) is 30.3 Å². The highest BCUT2D eigenvalue weighted by Crippen LogP contribution is 2.29. The maximum Gasteiger partial charge on any atom is 0.272 e. The van der Waals surface area contributed by atoms with E-state index in [0.29, 0.717) is 28.7 Å². The van der Waals surface area contributed by atoms with Gasteiger partial charge in [-0.25, -0.2) is 4.98 Å². The highest BCUT2D eigenvalue weighted by molar-refractivity contribution is 5.62. The van der Waals surface area contributed by atoms with Crippen molar-refractivity contribution in [2.75, 3.05) is 0 Å². The minimum absolute atomic E-state index is 0.0444. The summed E-state index contributed by atoms with van der Waals surface area (Å²) in [6, 6.07) is 16.0. The summed E-state index contributed by atoms with van der Waals surface area (Å²) in [6.07, 6.45) is 1.39. The SMILES string of the molecule is Cc1cc(Oc2cc(-c3ccccc3)nc3ncnn23)ccc1[N+](=O)[O-]. The van der Waals surface area contributed by atoms with Crippen molar-refractivity contribution in [2.24, 2.45) is 0 Å². The van der Waals surface area contributed by atoms with Crippen LogP contribution in [0.3, 0.4) is 0 Å². The number of benzene rings is 2. The summed E-state index contributed by atoms with van der Waals surface area (Å²) < 4.78 is 7.40. The minimum Gasteiger partial charge on any atom is -0.439 e. The first kappa shape index (κ1) is 15.7. The Kier molecular flexibility index (Phi) is 3.77. The van der Waals surface area contributed by atoms with E-state index in [1.54, 1.807) is 25.1 Å². The third kappa shape index (κ3) is 2.84. The molecule has 0 spiro atoms. The van der Waals surface area contributed by atoms with Crippen LogP contribution >= 0.6 is 0 Å². The predicted octanol–water partition coefficient (Wildman–Crippen LogP) is 3.80. The standard InChI is InChI=1S/C18H13N5O3/c1-12-9-14(7-8-16(12)23(24)25)26-17-10-15(13-5-3-2-4-6-13)21-18-19-11-20-22(17)18/h2-11H,1H3. The molecule has 0 unspecified atom stereocenters. The molecule has 4 aromatic rings. The molecule has 0 N–H and O–H groups in total. The third-order valence-corrected chi connectivity index (χ3v) is 3.88. The van der Waals surface area contributed by atoms with Gasteiger partial charge in [0.05, 0.1) is 10.6 Å². The van der Waals surface area contributed by atoms with Gasteiger partial charge in [0.15, 0.2) is 0 Å². The molecule has 0 atom stereocenters. The highest BCUT2D eigenvalue weighted by Gasteiger charge is 2.14. The van der Waals surface area contributed by atoms with E-state index in [2.05, 4.69) is 15.1 Å². The van der Waals surface area contributed by atoms with Gasteiger partial charge in [0.1, 0.15) is 12.1 Å². The minimum atomic E-state index is -0.422. The lowest BCUT2D eigenvalue weighted by Crippen LogP contribution is -2.00. The zero-order valence-electron chi connectivity index (χ0n) is 13.7. The Morgan fingerprint density at radius 3 is 2.65 bits per heavy atom. The van der Waals surface area contributed by atoms with Gasteiger partial charge in [-0.3, -0.25) is 10.1 Å². The molecule has 128 valence electrons. The second-order valence-corrected chi connectivity index (χ2v) is 5.62. The third-order valence-electron chi connectivity index (χ3n) is 3.88. The van der Waals surface area contributed by atoms with Crippen LogP contribution < -0.4 is 4.74 Å². The Bertz CT molecular complexity index is 1110. The van der Waals surface area contributed by atoms with Crippen LogP contribution in [0.15, 0.2) is 60.9 Å². The smallest absolute Gasteiger partial charge is 0.272 e. The molecule has 2 aromatic carbocycles. The topological polar surface area (TPSA) is 95.5 Å². The summed E-state index contributed by atoms with van der Waals surface area (Å²) in [6.45, 7) is 1.66. The number of hydrogen-bond donors (Lipinski definition) is 0. The van der Waals surface area contributed by atoms with Crippen molar-refractivity contribution < 1.29 is 9.66 Å². The van der Waals surface area contributed by atoms with E-state index in [9.17, 15) is 10.1 Å². The second kappa shape index (κ2) is 6.25. The molecule has 8 nitrogen and oxygen atoms in total. The second-order valence-electron chi connectivity index (χ2n) is 5.62. The quantitative estimate of drug-likeness (QED) is 0.411. The summed E-state index contributed by atoms with van der Waals surface area (Å²) in [5.41, 5.74) is 2.17. The Hall–Kier alpha value is -3.81. The van der Waals surface area contributed by atoms with Crippen LogP contribution in [0, 0.1) is 17.0 Å². The van der Waals surface area contributed by atoms with Crippen LogP contribution in [0.2, 0.25) is 0 Å². The first-order valence-electron chi connectivity index (χ1n) is 7.81. The fourth-order valence-corrected chi connectivity index (χ4v) is 2.63. The molecule has 0 saturated carbocycles. The number of rotatable bonds is 4. The number of ether oxygens (including phenoxy) is 1. The molecule has 0 amide bonds. The van der Waals surface area contributed by atoms with E-state index in [4.69, 9.17) is 4.74 Å². The summed E-state index contributed by atoms with van der Waals surface area (Å²) in [4.78, 5) is 19.2. The van der Waals surface area contributed by atoms with Crippen molar-refractivity contribution in [3.8, 4) is 22.9 Å². The van der Waals surface area contributed by atoms with Gasteiger partial charge in [-0.15, -0.1) is 0 Å². The number of nitro benzene ring substituents is 1. The molecule has 0 bridgehead atoms. The van der Waals surface area contributed by atoms with Crippen molar-refractivity contribution in [3.05, 3.63) is 76.6 Å². The van der Waals surface area contributed by atoms with Gasteiger partial charge >= 0.3 is 0 Å². The van der Waals surface area contributed by atoms with E-state index in [-0.39, 0.29) is 5.69 Å². The molecule has 0 aliphatic carbocycles. The molecular weight excluding hydrogens is 334 g/mol. The Labute approximate surface area is 147 Å². The average molecular weight is 347 g/mol. The maximum atomic E-state index is 11.0. The number of aromatic nitrogens is 4. The summed E-state index contributed by atoms with van der Waals surface area (Å²) in [7, 11) is 0. The lowest BCUT2D eigenvalue weighted by molar-refractivity contribution is -0.385. The first-order chi connectivity index (χ1) is 12.6. The maximum absolute atomic E-state index is 11.0.